The molecule has 4 nitrogen and oxygen atoms in total. The molecule has 2 aromatic heterocycles. The zero-order valence-electron chi connectivity index (χ0n) is 22.8. The van der Waals surface area contributed by atoms with Crippen LogP contribution < -0.4 is 0 Å². The van der Waals surface area contributed by atoms with Crippen molar-refractivity contribution in [3.8, 4) is 0 Å². The summed E-state index contributed by atoms with van der Waals surface area (Å²) in [5.41, 5.74) is 7.26. The molecule has 2 heterocycles. The highest BCUT2D eigenvalue weighted by Crippen LogP contribution is 2.33. The standard InChI is InChI=1S/C32H42N4/c1-6-7-12-29-34-30-23(2)33-28-11-9-8-10-27(28)31(30)36(29)22-26-17-15-25(16-18-26)21-35(32(3,4)5)20-19-24-13-14-24/h8-11,15-18,24H,6-7,12-14,19-22H2,1-5H3. The van der Waals surface area contributed by atoms with Crippen LogP contribution in [-0.2, 0) is 19.5 Å². The first-order valence-corrected chi connectivity index (χ1v) is 13.9. The van der Waals surface area contributed by atoms with E-state index < -0.39 is 0 Å². The number of aromatic nitrogens is 3. The number of hydrogen-bond donors (Lipinski definition) is 0. The van der Waals surface area contributed by atoms with E-state index in [-0.39, 0.29) is 5.54 Å². The molecule has 0 amide bonds. The van der Waals surface area contributed by atoms with Gasteiger partial charge in [0.15, 0.2) is 0 Å². The molecule has 0 unspecified atom stereocenters. The number of imidazole rings is 1. The largest absolute Gasteiger partial charge is 0.323 e. The highest BCUT2D eigenvalue weighted by molar-refractivity contribution is 6.03. The molecule has 0 saturated heterocycles. The second kappa shape index (κ2) is 10.3. The molecular formula is C32H42N4. The highest BCUT2D eigenvalue weighted by Gasteiger charge is 2.26. The van der Waals surface area contributed by atoms with E-state index >= 15 is 0 Å². The minimum Gasteiger partial charge on any atom is -0.323 e. The molecule has 0 bridgehead atoms. The number of hydrogen-bond acceptors (Lipinski definition) is 3. The summed E-state index contributed by atoms with van der Waals surface area (Å²) in [4.78, 5) is 12.6. The number of fused-ring (bicyclic) bond motifs is 3. The number of aryl methyl sites for hydroxylation is 2. The maximum atomic E-state index is 5.11. The SMILES string of the molecule is CCCCc1nc2c(C)nc3ccccc3c2n1Cc1ccc(CN(CCC2CC2)C(C)(C)C)cc1. The predicted molar refractivity (Wildman–Crippen MR) is 151 cm³/mol. The van der Waals surface area contributed by atoms with Crippen LogP contribution >= 0.6 is 0 Å². The van der Waals surface area contributed by atoms with Gasteiger partial charge in [-0.1, -0.05) is 68.7 Å². The van der Waals surface area contributed by atoms with Crippen molar-refractivity contribution in [2.24, 2.45) is 5.92 Å². The summed E-state index contributed by atoms with van der Waals surface area (Å²) >= 11 is 0. The van der Waals surface area contributed by atoms with Crippen LogP contribution in [0, 0.1) is 12.8 Å². The first-order valence-electron chi connectivity index (χ1n) is 13.9. The molecule has 4 heteroatoms. The molecule has 0 spiro atoms. The van der Waals surface area contributed by atoms with Crippen LogP contribution in [0.5, 0.6) is 0 Å². The zero-order chi connectivity index (χ0) is 25.3. The molecule has 1 fully saturated rings. The van der Waals surface area contributed by atoms with Gasteiger partial charge < -0.3 is 4.57 Å². The molecule has 0 aliphatic heterocycles. The Balaban J connectivity index is 1.43. The number of benzene rings is 2. The second-order valence-electron chi connectivity index (χ2n) is 11.8. The number of rotatable bonds is 10. The summed E-state index contributed by atoms with van der Waals surface area (Å²) in [6, 6.07) is 17.8. The first-order chi connectivity index (χ1) is 17.3. The summed E-state index contributed by atoms with van der Waals surface area (Å²) in [6.07, 6.45) is 7.52. The molecule has 4 aromatic rings. The monoisotopic (exact) mass is 482 g/mol. The number of unbranched alkanes of at least 4 members (excludes halogenated alkanes) is 1. The Morgan fingerprint density at radius 1 is 0.972 bits per heavy atom. The average Bonchev–Trinajstić information content (AvgIpc) is 3.61. The molecule has 5 rings (SSSR count). The van der Waals surface area contributed by atoms with Gasteiger partial charge in [-0.15, -0.1) is 0 Å². The Morgan fingerprint density at radius 2 is 1.69 bits per heavy atom. The van der Waals surface area contributed by atoms with Crippen molar-refractivity contribution in [3.05, 3.63) is 71.2 Å². The molecule has 1 aliphatic rings. The van der Waals surface area contributed by atoms with E-state index in [1.54, 1.807) is 0 Å². The van der Waals surface area contributed by atoms with Crippen molar-refractivity contribution in [2.45, 2.75) is 91.8 Å². The summed E-state index contributed by atoms with van der Waals surface area (Å²) in [5.74, 6) is 2.15. The van der Waals surface area contributed by atoms with E-state index in [0.29, 0.717) is 0 Å². The van der Waals surface area contributed by atoms with Gasteiger partial charge in [-0.3, -0.25) is 9.88 Å². The quantitative estimate of drug-likeness (QED) is 0.232. The topological polar surface area (TPSA) is 34.0 Å². The molecule has 1 aliphatic carbocycles. The molecule has 0 radical (unpaired) electrons. The number of para-hydroxylation sites is 1. The Bertz CT molecular complexity index is 1320. The Morgan fingerprint density at radius 3 is 2.39 bits per heavy atom. The fourth-order valence-electron chi connectivity index (χ4n) is 5.28. The Labute approximate surface area is 216 Å². The van der Waals surface area contributed by atoms with E-state index in [9.17, 15) is 0 Å². The Hall–Kier alpha value is -2.72. The minimum atomic E-state index is 0.185. The molecule has 2 aromatic carbocycles. The van der Waals surface area contributed by atoms with Crippen molar-refractivity contribution in [1.82, 2.24) is 19.4 Å². The minimum absolute atomic E-state index is 0.185. The van der Waals surface area contributed by atoms with Gasteiger partial charge in [-0.05, 0) is 70.2 Å². The van der Waals surface area contributed by atoms with Crippen LogP contribution in [0.2, 0.25) is 0 Å². The van der Waals surface area contributed by atoms with E-state index in [1.807, 2.05) is 0 Å². The summed E-state index contributed by atoms with van der Waals surface area (Å²) in [5, 5.41) is 1.20. The van der Waals surface area contributed by atoms with Gasteiger partial charge in [-0.25, -0.2) is 4.98 Å². The van der Waals surface area contributed by atoms with Gasteiger partial charge in [0, 0.05) is 30.4 Å². The second-order valence-corrected chi connectivity index (χ2v) is 11.8. The van der Waals surface area contributed by atoms with Crippen LogP contribution in [0.1, 0.15) is 82.4 Å². The fraction of sp³-hybridized carbons (Fsp3) is 0.500. The zero-order valence-corrected chi connectivity index (χ0v) is 22.8. The van der Waals surface area contributed by atoms with Crippen molar-refractivity contribution < 1.29 is 0 Å². The van der Waals surface area contributed by atoms with Gasteiger partial charge in [-0.2, -0.15) is 0 Å². The molecule has 190 valence electrons. The third-order valence-electron chi connectivity index (χ3n) is 7.78. The van der Waals surface area contributed by atoms with Crippen LogP contribution in [0.3, 0.4) is 0 Å². The maximum Gasteiger partial charge on any atom is 0.111 e. The summed E-state index contributed by atoms with van der Waals surface area (Å²) < 4.78 is 2.45. The molecule has 0 N–H and O–H groups in total. The van der Waals surface area contributed by atoms with Crippen LogP contribution in [0.15, 0.2) is 48.5 Å². The lowest BCUT2D eigenvalue weighted by Gasteiger charge is -2.36. The van der Waals surface area contributed by atoms with Crippen LogP contribution in [0.4, 0.5) is 0 Å². The predicted octanol–water partition coefficient (Wildman–Crippen LogP) is 7.68. The molecule has 0 atom stereocenters. The van der Waals surface area contributed by atoms with E-state index in [1.165, 1.54) is 60.1 Å². The molecule has 36 heavy (non-hydrogen) atoms. The number of pyridine rings is 1. The van der Waals surface area contributed by atoms with Gasteiger partial charge >= 0.3 is 0 Å². The van der Waals surface area contributed by atoms with Gasteiger partial charge in [0.25, 0.3) is 0 Å². The summed E-state index contributed by atoms with van der Waals surface area (Å²) in [6.45, 7) is 14.4. The third kappa shape index (κ3) is 5.49. The third-order valence-corrected chi connectivity index (χ3v) is 7.78. The summed E-state index contributed by atoms with van der Waals surface area (Å²) in [7, 11) is 0. The van der Waals surface area contributed by atoms with E-state index in [0.717, 1.165) is 48.6 Å². The Kier molecular flexibility index (Phi) is 7.16. The van der Waals surface area contributed by atoms with Crippen molar-refractivity contribution in [1.29, 1.82) is 0 Å². The van der Waals surface area contributed by atoms with Gasteiger partial charge in [0.05, 0.1) is 16.7 Å². The average molecular weight is 483 g/mol. The van der Waals surface area contributed by atoms with Crippen molar-refractivity contribution >= 4 is 21.9 Å². The van der Waals surface area contributed by atoms with E-state index in [4.69, 9.17) is 9.97 Å². The van der Waals surface area contributed by atoms with E-state index in [2.05, 4.69) is 92.6 Å². The van der Waals surface area contributed by atoms with Crippen LogP contribution in [0.25, 0.3) is 21.9 Å². The lowest BCUT2D eigenvalue weighted by molar-refractivity contribution is 0.123. The highest BCUT2D eigenvalue weighted by atomic mass is 15.2. The first kappa shape index (κ1) is 25.0. The molecular weight excluding hydrogens is 440 g/mol. The smallest absolute Gasteiger partial charge is 0.111 e. The lowest BCUT2D eigenvalue weighted by Crippen LogP contribution is -2.41. The van der Waals surface area contributed by atoms with Crippen LogP contribution in [-0.4, -0.2) is 31.5 Å². The maximum absolute atomic E-state index is 5.11. The lowest BCUT2D eigenvalue weighted by atomic mass is 10.0. The van der Waals surface area contributed by atoms with Gasteiger partial charge in [0.2, 0.25) is 0 Å². The fourth-order valence-corrected chi connectivity index (χ4v) is 5.28. The molecule has 1 saturated carbocycles. The van der Waals surface area contributed by atoms with Crippen molar-refractivity contribution in [3.63, 3.8) is 0 Å². The number of nitrogens with zero attached hydrogens (tertiary/aromatic N) is 4. The van der Waals surface area contributed by atoms with Crippen molar-refractivity contribution in [2.75, 3.05) is 6.54 Å². The normalized spacial score (nSPS) is 14.4. The van der Waals surface area contributed by atoms with Gasteiger partial charge in [0.1, 0.15) is 11.3 Å².